The van der Waals surface area contributed by atoms with Crippen molar-refractivity contribution in [3.05, 3.63) is 70.2 Å². The van der Waals surface area contributed by atoms with Crippen molar-refractivity contribution in [2.75, 3.05) is 79.5 Å². The Bertz CT molecular complexity index is 1260. The topological polar surface area (TPSA) is 53.4 Å². The molecule has 50 heavy (non-hydrogen) atoms. The maximum absolute atomic E-state index is 11.7. The van der Waals surface area contributed by atoms with Crippen LogP contribution in [0.5, 0.6) is 0 Å². The largest absolute Gasteiger partial charge is 0.389 e. The first kappa shape index (κ1) is 39.7. The lowest BCUT2D eigenvalue weighted by Gasteiger charge is -2.42. The number of aliphatic hydroxyl groups is 2. The van der Waals surface area contributed by atoms with Crippen LogP contribution in [0.1, 0.15) is 93.7 Å². The van der Waals surface area contributed by atoms with Crippen LogP contribution in [-0.4, -0.2) is 121 Å². The number of likely N-dealkylation sites (N-methyl/N-ethyl adjacent to an activating group) is 2. The van der Waals surface area contributed by atoms with Crippen LogP contribution in [0.2, 0.25) is 5.02 Å². The van der Waals surface area contributed by atoms with Crippen LogP contribution in [-0.2, 0) is 12.8 Å². The van der Waals surface area contributed by atoms with E-state index in [4.69, 9.17) is 11.6 Å². The van der Waals surface area contributed by atoms with Gasteiger partial charge in [-0.2, -0.15) is 0 Å². The van der Waals surface area contributed by atoms with Crippen LogP contribution >= 0.6 is 11.6 Å². The highest BCUT2D eigenvalue weighted by atomic mass is 35.5. The summed E-state index contributed by atoms with van der Waals surface area (Å²) in [5, 5.41) is 24.2. The van der Waals surface area contributed by atoms with E-state index in [1.807, 2.05) is 12.1 Å². The normalized spacial score (nSPS) is 30.0. The van der Waals surface area contributed by atoms with E-state index < -0.39 is 11.2 Å². The van der Waals surface area contributed by atoms with Crippen molar-refractivity contribution >= 4 is 11.6 Å². The third-order valence-corrected chi connectivity index (χ3v) is 12.8. The molecule has 2 aromatic carbocycles. The first-order valence-corrected chi connectivity index (χ1v) is 20.5. The van der Waals surface area contributed by atoms with Gasteiger partial charge in [-0.25, -0.2) is 0 Å². The summed E-state index contributed by atoms with van der Waals surface area (Å²) in [5.74, 6) is 0.767. The smallest absolute Gasteiger partial charge is 0.0728 e. The van der Waals surface area contributed by atoms with Gasteiger partial charge in [0.05, 0.1) is 11.2 Å². The summed E-state index contributed by atoms with van der Waals surface area (Å²) in [5.41, 5.74) is 2.67. The molecule has 6 nitrogen and oxygen atoms in total. The molecular formula is C43H69ClN4O2. The molecule has 6 rings (SSSR count). The second kappa shape index (κ2) is 19.5. The monoisotopic (exact) mass is 709 g/mol. The fourth-order valence-corrected chi connectivity index (χ4v) is 9.23. The molecule has 2 N–H and O–H groups in total. The molecule has 2 saturated carbocycles. The standard InChI is InChI=1S/C22H36N2O.C21H33ClN2O/c1-19-8-7-9-20(16-19)17-22(25)11-6-4-3-5-10-21(22)18-24-14-12-23(2)13-15-24;1-23-12-14-24(15-13-23)17-19-6-4-2-3-5-11-21(19,25)16-18-7-9-20(22)10-8-18/h7-9,16,21,25H,3-6,10-15,17-18H2,1-2H3;7-10,19,25H,2-6,11-17H2,1H3. The highest BCUT2D eigenvalue weighted by Crippen LogP contribution is 2.37. The molecule has 4 atom stereocenters. The molecule has 2 aromatic rings. The molecule has 7 heteroatoms. The van der Waals surface area contributed by atoms with Gasteiger partial charge in [0.15, 0.2) is 0 Å². The molecule has 280 valence electrons. The fraction of sp³-hybridized carbons (Fsp3) is 0.721. The van der Waals surface area contributed by atoms with Gasteiger partial charge in [-0.05, 0) is 70.0 Å². The average molecular weight is 710 g/mol. The lowest BCUT2D eigenvalue weighted by molar-refractivity contribution is -0.0515. The molecule has 4 fully saturated rings. The van der Waals surface area contributed by atoms with Crippen molar-refractivity contribution < 1.29 is 10.2 Å². The Hall–Kier alpha value is -1.51. The predicted molar refractivity (Wildman–Crippen MR) is 210 cm³/mol. The van der Waals surface area contributed by atoms with Gasteiger partial charge in [-0.15, -0.1) is 0 Å². The van der Waals surface area contributed by atoms with E-state index in [9.17, 15) is 10.2 Å². The lowest BCUT2D eigenvalue weighted by atomic mass is 9.74. The zero-order valence-electron chi connectivity index (χ0n) is 31.8. The summed E-state index contributed by atoms with van der Waals surface area (Å²) in [6, 6.07) is 16.8. The van der Waals surface area contributed by atoms with E-state index in [1.165, 1.54) is 68.1 Å². The van der Waals surface area contributed by atoms with Crippen molar-refractivity contribution in [2.24, 2.45) is 11.8 Å². The molecule has 0 aromatic heterocycles. The van der Waals surface area contributed by atoms with Crippen LogP contribution < -0.4 is 0 Å². The van der Waals surface area contributed by atoms with Crippen LogP contribution in [0.25, 0.3) is 0 Å². The van der Waals surface area contributed by atoms with Crippen LogP contribution in [0.15, 0.2) is 48.5 Å². The highest BCUT2D eigenvalue weighted by Gasteiger charge is 2.39. The summed E-state index contributed by atoms with van der Waals surface area (Å²) in [4.78, 5) is 9.97. The van der Waals surface area contributed by atoms with Crippen LogP contribution in [0.4, 0.5) is 0 Å². The predicted octanol–water partition coefficient (Wildman–Crippen LogP) is 7.32. The Balaban J connectivity index is 0.000000194. The van der Waals surface area contributed by atoms with Gasteiger partial charge < -0.3 is 29.8 Å². The highest BCUT2D eigenvalue weighted by molar-refractivity contribution is 6.30. The van der Waals surface area contributed by atoms with E-state index in [2.05, 4.69) is 77.0 Å². The van der Waals surface area contributed by atoms with Crippen molar-refractivity contribution in [3.63, 3.8) is 0 Å². The van der Waals surface area contributed by atoms with Crippen molar-refractivity contribution in [2.45, 2.75) is 108 Å². The molecule has 0 spiro atoms. The maximum Gasteiger partial charge on any atom is 0.0728 e. The molecule has 0 radical (unpaired) electrons. The summed E-state index contributed by atoms with van der Waals surface area (Å²) in [7, 11) is 4.41. The van der Waals surface area contributed by atoms with E-state index >= 15 is 0 Å². The van der Waals surface area contributed by atoms with Crippen molar-refractivity contribution in [1.82, 2.24) is 19.6 Å². The number of piperazine rings is 2. The molecule has 2 aliphatic carbocycles. The first-order chi connectivity index (χ1) is 24.1. The number of hydrogen-bond acceptors (Lipinski definition) is 6. The zero-order valence-corrected chi connectivity index (χ0v) is 32.6. The van der Waals surface area contributed by atoms with Crippen molar-refractivity contribution in [1.29, 1.82) is 0 Å². The Kier molecular flexibility index (Phi) is 15.5. The Morgan fingerprint density at radius 2 is 1.06 bits per heavy atom. The number of rotatable bonds is 8. The lowest BCUT2D eigenvalue weighted by Crippen LogP contribution is -2.51. The second-order valence-electron chi connectivity index (χ2n) is 16.7. The van der Waals surface area contributed by atoms with Gasteiger partial charge in [-0.1, -0.05) is 105 Å². The second-order valence-corrected chi connectivity index (χ2v) is 17.1. The fourth-order valence-electron chi connectivity index (χ4n) is 9.10. The number of hydrogen-bond donors (Lipinski definition) is 2. The summed E-state index contributed by atoms with van der Waals surface area (Å²) in [6.07, 6.45) is 15.8. The first-order valence-electron chi connectivity index (χ1n) is 20.2. The third kappa shape index (κ3) is 12.3. The quantitative estimate of drug-likeness (QED) is 0.300. The van der Waals surface area contributed by atoms with Gasteiger partial charge >= 0.3 is 0 Å². The average Bonchev–Trinajstić information content (AvgIpc) is 3.08. The van der Waals surface area contributed by atoms with Crippen molar-refractivity contribution in [3.8, 4) is 0 Å². The minimum absolute atomic E-state index is 0.367. The van der Waals surface area contributed by atoms with Crippen LogP contribution in [0, 0.1) is 18.8 Å². The molecule has 4 unspecified atom stereocenters. The van der Waals surface area contributed by atoms with Crippen LogP contribution in [0.3, 0.4) is 0 Å². The number of halogens is 1. The van der Waals surface area contributed by atoms with Gasteiger partial charge in [0.25, 0.3) is 0 Å². The van der Waals surface area contributed by atoms with E-state index in [0.29, 0.717) is 11.8 Å². The molecule has 2 heterocycles. The third-order valence-electron chi connectivity index (χ3n) is 12.5. The molecule has 4 aliphatic rings. The summed E-state index contributed by atoms with van der Waals surface area (Å²) < 4.78 is 0. The van der Waals surface area contributed by atoms with E-state index in [1.54, 1.807) is 0 Å². The summed E-state index contributed by atoms with van der Waals surface area (Å²) >= 11 is 6.03. The Morgan fingerprint density at radius 3 is 1.54 bits per heavy atom. The molecule has 0 bridgehead atoms. The summed E-state index contributed by atoms with van der Waals surface area (Å²) in [6.45, 7) is 13.4. The van der Waals surface area contributed by atoms with Gasteiger partial charge in [0, 0.05) is 95.1 Å². The Morgan fingerprint density at radius 1 is 0.600 bits per heavy atom. The van der Waals surface area contributed by atoms with E-state index in [0.717, 1.165) is 109 Å². The number of benzene rings is 2. The molecule has 0 amide bonds. The van der Waals surface area contributed by atoms with E-state index in [-0.39, 0.29) is 0 Å². The number of nitrogens with zero attached hydrogens (tertiary/aromatic N) is 4. The van der Waals surface area contributed by atoms with Gasteiger partial charge in [0.1, 0.15) is 0 Å². The molecule has 2 aliphatic heterocycles. The zero-order chi connectivity index (χ0) is 35.4. The minimum atomic E-state index is -0.586. The van der Waals surface area contributed by atoms with Gasteiger partial charge in [0.2, 0.25) is 0 Å². The van der Waals surface area contributed by atoms with Gasteiger partial charge in [-0.3, -0.25) is 0 Å². The molecule has 2 saturated heterocycles. The Labute approximate surface area is 310 Å². The SMILES string of the molecule is CN1CCN(CC2CCCCCCC2(O)Cc2ccc(Cl)cc2)CC1.Cc1cccc(CC2(O)CCCCCCC2CN2CCN(C)CC2)c1. The molecular weight excluding hydrogens is 640 g/mol. The maximum atomic E-state index is 11.7. The number of aryl methyl sites for hydroxylation is 1. The minimum Gasteiger partial charge on any atom is -0.389 e.